The Morgan fingerprint density at radius 3 is 2.86 bits per heavy atom. The topological polar surface area (TPSA) is 29.5 Å². The Labute approximate surface area is 85.4 Å². The molecule has 0 amide bonds. The number of ether oxygens (including phenoxy) is 1. The molecule has 1 aliphatic carbocycles. The van der Waals surface area contributed by atoms with Crippen molar-refractivity contribution in [1.29, 1.82) is 0 Å². The summed E-state index contributed by atoms with van der Waals surface area (Å²) in [5, 5.41) is 0. The Bertz CT molecular complexity index is 211. The summed E-state index contributed by atoms with van der Waals surface area (Å²) in [4.78, 5) is 13.7. The molecular weight excluding hydrogens is 178 g/mol. The van der Waals surface area contributed by atoms with Crippen molar-refractivity contribution in [2.45, 2.75) is 44.2 Å². The van der Waals surface area contributed by atoms with E-state index < -0.39 is 0 Å². The summed E-state index contributed by atoms with van der Waals surface area (Å²) in [5.74, 6) is 0.437. The maximum Gasteiger partial charge on any atom is 0.134 e. The Kier molecular flexibility index (Phi) is 3.19. The van der Waals surface area contributed by atoms with Gasteiger partial charge in [0, 0.05) is 31.5 Å². The molecule has 0 aromatic heterocycles. The lowest BCUT2D eigenvalue weighted by molar-refractivity contribution is -0.122. The number of ketones is 1. The molecule has 80 valence electrons. The smallest absolute Gasteiger partial charge is 0.134 e. The van der Waals surface area contributed by atoms with Crippen molar-refractivity contribution in [3.05, 3.63) is 0 Å². The van der Waals surface area contributed by atoms with Crippen LogP contribution in [-0.2, 0) is 9.53 Å². The number of rotatable bonds is 2. The van der Waals surface area contributed by atoms with Crippen molar-refractivity contribution in [2.24, 2.45) is 0 Å². The normalized spacial score (nSPS) is 34.0. The van der Waals surface area contributed by atoms with Gasteiger partial charge in [-0.15, -0.1) is 0 Å². The molecule has 3 heteroatoms. The summed E-state index contributed by atoms with van der Waals surface area (Å²) in [6.07, 6.45) is 4.93. The summed E-state index contributed by atoms with van der Waals surface area (Å²) in [6.45, 7) is 1.73. The molecule has 2 unspecified atom stereocenters. The third-order valence-electron chi connectivity index (χ3n) is 3.51. The number of Topliss-reactive ketones (excluding diaryl/α,β-unsaturated/α-hetero) is 1. The highest BCUT2D eigenvalue weighted by molar-refractivity contribution is 5.79. The van der Waals surface area contributed by atoms with Crippen molar-refractivity contribution in [3.8, 4) is 0 Å². The second kappa shape index (κ2) is 4.41. The predicted molar refractivity (Wildman–Crippen MR) is 54.3 cm³/mol. The molecular formula is C11H19NO2. The first kappa shape index (κ1) is 10.1. The zero-order chi connectivity index (χ0) is 9.97. The van der Waals surface area contributed by atoms with Gasteiger partial charge >= 0.3 is 0 Å². The highest BCUT2D eigenvalue weighted by Crippen LogP contribution is 2.23. The number of hydrogen-bond acceptors (Lipinski definition) is 3. The fraction of sp³-hybridized carbons (Fsp3) is 0.909. The molecule has 0 aromatic rings. The molecule has 0 bridgehead atoms. The van der Waals surface area contributed by atoms with E-state index in [1.165, 1.54) is 6.42 Å². The predicted octanol–water partition coefficient (Wildman–Crippen LogP) is 1.22. The van der Waals surface area contributed by atoms with E-state index >= 15 is 0 Å². The Morgan fingerprint density at radius 1 is 1.36 bits per heavy atom. The molecule has 2 rings (SSSR count). The van der Waals surface area contributed by atoms with Crippen LogP contribution < -0.4 is 0 Å². The fourth-order valence-electron chi connectivity index (χ4n) is 2.49. The van der Waals surface area contributed by atoms with Crippen LogP contribution in [0.3, 0.4) is 0 Å². The molecule has 1 heterocycles. The lowest BCUT2D eigenvalue weighted by atomic mass is 9.92. The van der Waals surface area contributed by atoms with Crippen LogP contribution in [0, 0.1) is 0 Å². The molecule has 2 atom stereocenters. The van der Waals surface area contributed by atoms with Gasteiger partial charge < -0.3 is 4.74 Å². The summed E-state index contributed by atoms with van der Waals surface area (Å²) in [5.41, 5.74) is 0. The Morgan fingerprint density at radius 2 is 2.21 bits per heavy atom. The lowest BCUT2D eigenvalue weighted by Gasteiger charge is -2.34. The molecule has 1 aliphatic heterocycles. The Balaban J connectivity index is 1.89. The zero-order valence-electron chi connectivity index (χ0n) is 8.87. The minimum absolute atomic E-state index is 0.437. The van der Waals surface area contributed by atoms with Crippen LogP contribution in [0.1, 0.15) is 32.1 Å². The molecule has 2 aliphatic rings. The van der Waals surface area contributed by atoms with Gasteiger partial charge in [-0.05, 0) is 26.3 Å². The highest BCUT2D eigenvalue weighted by atomic mass is 16.5. The largest absolute Gasteiger partial charge is 0.380 e. The monoisotopic (exact) mass is 197 g/mol. The van der Waals surface area contributed by atoms with Gasteiger partial charge in [0.05, 0.1) is 6.61 Å². The van der Waals surface area contributed by atoms with Gasteiger partial charge in [-0.25, -0.2) is 0 Å². The molecule has 0 aromatic carbocycles. The second-order valence-corrected chi connectivity index (χ2v) is 4.47. The minimum Gasteiger partial charge on any atom is -0.380 e. The first-order valence-corrected chi connectivity index (χ1v) is 5.59. The van der Waals surface area contributed by atoms with Crippen molar-refractivity contribution in [2.75, 3.05) is 20.3 Å². The molecule has 1 saturated carbocycles. The van der Waals surface area contributed by atoms with E-state index in [9.17, 15) is 4.79 Å². The van der Waals surface area contributed by atoms with Crippen molar-refractivity contribution >= 4 is 5.78 Å². The molecule has 2 fully saturated rings. The summed E-state index contributed by atoms with van der Waals surface area (Å²) in [6, 6.07) is 1.02. The SMILES string of the molecule is CN(C1CCOC1)C1CCCC(=O)C1. The Hall–Kier alpha value is -0.410. The van der Waals surface area contributed by atoms with Gasteiger partial charge in [-0.1, -0.05) is 0 Å². The summed E-state index contributed by atoms with van der Waals surface area (Å²) >= 11 is 0. The number of likely N-dealkylation sites (N-methyl/N-ethyl adjacent to an activating group) is 1. The lowest BCUT2D eigenvalue weighted by Crippen LogP contribution is -2.43. The van der Waals surface area contributed by atoms with E-state index in [4.69, 9.17) is 4.74 Å². The van der Waals surface area contributed by atoms with Gasteiger partial charge in [-0.3, -0.25) is 9.69 Å². The molecule has 0 radical (unpaired) electrons. The maximum atomic E-state index is 11.3. The van der Waals surface area contributed by atoms with Gasteiger partial charge in [0.15, 0.2) is 0 Å². The van der Waals surface area contributed by atoms with E-state index in [-0.39, 0.29) is 0 Å². The number of carbonyl (C=O) groups excluding carboxylic acids is 1. The first-order chi connectivity index (χ1) is 6.77. The minimum atomic E-state index is 0.437. The van der Waals surface area contributed by atoms with Crippen molar-refractivity contribution in [1.82, 2.24) is 4.90 Å². The van der Waals surface area contributed by atoms with E-state index in [0.29, 0.717) is 17.9 Å². The van der Waals surface area contributed by atoms with E-state index in [1.807, 2.05) is 0 Å². The van der Waals surface area contributed by atoms with Crippen LogP contribution in [0.5, 0.6) is 0 Å². The van der Waals surface area contributed by atoms with Crippen LogP contribution in [0.2, 0.25) is 0 Å². The summed E-state index contributed by atoms with van der Waals surface area (Å²) < 4.78 is 5.37. The van der Waals surface area contributed by atoms with Crippen molar-refractivity contribution in [3.63, 3.8) is 0 Å². The average molecular weight is 197 g/mol. The number of nitrogens with zero attached hydrogens (tertiary/aromatic N) is 1. The van der Waals surface area contributed by atoms with Crippen molar-refractivity contribution < 1.29 is 9.53 Å². The zero-order valence-corrected chi connectivity index (χ0v) is 8.87. The van der Waals surface area contributed by atoms with E-state index in [0.717, 1.165) is 38.9 Å². The first-order valence-electron chi connectivity index (χ1n) is 5.59. The molecule has 0 spiro atoms. The van der Waals surface area contributed by atoms with Gasteiger partial charge in [0.2, 0.25) is 0 Å². The highest BCUT2D eigenvalue weighted by Gasteiger charge is 2.29. The third kappa shape index (κ3) is 2.15. The second-order valence-electron chi connectivity index (χ2n) is 4.47. The maximum absolute atomic E-state index is 11.3. The molecule has 1 saturated heterocycles. The average Bonchev–Trinajstić information content (AvgIpc) is 2.69. The van der Waals surface area contributed by atoms with Gasteiger partial charge in [-0.2, -0.15) is 0 Å². The fourth-order valence-corrected chi connectivity index (χ4v) is 2.49. The summed E-state index contributed by atoms with van der Waals surface area (Å²) in [7, 11) is 2.14. The molecule has 14 heavy (non-hydrogen) atoms. The van der Waals surface area contributed by atoms with E-state index in [2.05, 4.69) is 11.9 Å². The van der Waals surface area contributed by atoms with Crippen LogP contribution in [0.15, 0.2) is 0 Å². The van der Waals surface area contributed by atoms with Crippen LogP contribution in [-0.4, -0.2) is 43.0 Å². The number of carbonyl (C=O) groups is 1. The quantitative estimate of drug-likeness (QED) is 0.666. The van der Waals surface area contributed by atoms with Gasteiger partial charge in [0.1, 0.15) is 5.78 Å². The van der Waals surface area contributed by atoms with E-state index in [1.54, 1.807) is 0 Å². The third-order valence-corrected chi connectivity index (χ3v) is 3.51. The molecule has 0 N–H and O–H groups in total. The van der Waals surface area contributed by atoms with Gasteiger partial charge in [0.25, 0.3) is 0 Å². The number of hydrogen-bond donors (Lipinski definition) is 0. The van der Waals surface area contributed by atoms with Crippen LogP contribution in [0.4, 0.5) is 0 Å². The standard InChI is InChI=1S/C11H19NO2/c1-12(10-5-6-14-8-10)9-3-2-4-11(13)7-9/h9-10H,2-8H2,1H3. The molecule has 3 nitrogen and oxygen atoms in total. The van der Waals surface area contributed by atoms with Crippen LogP contribution >= 0.6 is 0 Å². The van der Waals surface area contributed by atoms with Crippen LogP contribution in [0.25, 0.3) is 0 Å².